The minimum atomic E-state index is -1.11. The number of carbonyl (C=O) groups excluding carboxylic acids is 1. The van der Waals surface area contributed by atoms with Crippen LogP contribution in [0.25, 0.3) is 0 Å². The molecular weight excluding hydrogens is 291 g/mol. The summed E-state index contributed by atoms with van der Waals surface area (Å²) in [5, 5.41) is 12.5. The van der Waals surface area contributed by atoms with E-state index in [2.05, 4.69) is 11.4 Å². The highest BCUT2D eigenvalue weighted by Crippen LogP contribution is 2.37. The highest BCUT2D eigenvalue weighted by molar-refractivity contribution is 7.16. The number of alkyl halides is 2. The molecule has 1 aromatic rings. The molecule has 0 radical (unpaired) electrons. The van der Waals surface area contributed by atoms with Crippen LogP contribution in [-0.2, 0) is 17.6 Å². The van der Waals surface area contributed by atoms with E-state index >= 15 is 0 Å². The zero-order valence-corrected chi connectivity index (χ0v) is 12.0. The Hall–Kier alpha value is -0.760. The van der Waals surface area contributed by atoms with Crippen molar-refractivity contribution in [1.29, 1.82) is 5.26 Å². The fourth-order valence-corrected chi connectivity index (χ4v) is 3.47. The van der Waals surface area contributed by atoms with Crippen LogP contribution < -0.4 is 5.32 Å². The van der Waals surface area contributed by atoms with Crippen molar-refractivity contribution in [3.8, 4) is 6.07 Å². The summed E-state index contributed by atoms with van der Waals surface area (Å²) in [7, 11) is 0. The lowest BCUT2D eigenvalue weighted by atomic mass is 10.1. The summed E-state index contributed by atoms with van der Waals surface area (Å²) in [6.45, 7) is 0. The largest absolute Gasteiger partial charge is 0.314 e. The summed E-state index contributed by atoms with van der Waals surface area (Å²) in [6.07, 6.45) is 5.32. The van der Waals surface area contributed by atoms with Gasteiger partial charge in [0.1, 0.15) is 11.1 Å². The third kappa shape index (κ3) is 2.80. The first kappa shape index (κ1) is 13.7. The minimum Gasteiger partial charge on any atom is -0.314 e. The van der Waals surface area contributed by atoms with E-state index in [9.17, 15) is 10.1 Å². The van der Waals surface area contributed by atoms with Crippen LogP contribution in [0.15, 0.2) is 0 Å². The topological polar surface area (TPSA) is 52.9 Å². The smallest absolute Gasteiger partial charge is 0.258 e. The summed E-state index contributed by atoms with van der Waals surface area (Å²) in [6, 6.07) is 2.19. The lowest BCUT2D eigenvalue weighted by Crippen LogP contribution is -2.18. The van der Waals surface area contributed by atoms with E-state index in [0.717, 1.165) is 31.2 Å². The molecule has 2 rings (SSSR count). The van der Waals surface area contributed by atoms with Crippen LogP contribution in [-0.4, -0.2) is 10.7 Å². The van der Waals surface area contributed by atoms with E-state index in [1.807, 2.05) is 0 Å². The predicted octanol–water partition coefficient (Wildman–Crippen LogP) is 3.63. The molecule has 0 bridgehead atoms. The summed E-state index contributed by atoms with van der Waals surface area (Å²) in [5.41, 5.74) is 1.68. The van der Waals surface area contributed by atoms with Crippen molar-refractivity contribution in [3.63, 3.8) is 0 Å². The highest BCUT2D eigenvalue weighted by atomic mass is 35.5. The van der Waals surface area contributed by atoms with Gasteiger partial charge in [-0.3, -0.25) is 4.79 Å². The first-order valence-corrected chi connectivity index (χ1v) is 7.46. The van der Waals surface area contributed by atoms with E-state index in [1.165, 1.54) is 22.6 Å². The molecule has 0 saturated heterocycles. The lowest BCUT2D eigenvalue weighted by Gasteiger charge is -2.03. The number of carbonyl (C=O) groups is 1. The van der Waals surface area contributed by atoms with Gasteiger partial charge in [-0.25, -0.2) is 0 Å². The Kier molecular flexibility index (Phi) is 4.50. The molecule has 0 unspecified atom stereocenters. The minimum absolute atomic E-state index is 0.480. The number of nitriles is 1. The number of hydrogen-bond donors (Lipinski definition) is 1. The van der Waals surface area contributed by atoms with Crippen molar-refractivity contribution in [3.05, 3.63) is 16.0 Å². The van der Waals surface area contributed by atoms with E-state index in [-0.39, 0.29) is 0 Å². The van der Waals surface area contributed by atoms with Crippen LogP contribution >= 0.6 is 34.5 Å². The molecule has 0 atom stereocenters. The third-order valence-electron chi connectivity index (χ3n) is 2.97. The molecule has 96 valence electrons. The summed E-state index contributed by atoms with van der Waals surface area (Å²) in [5.74, 6) is -0.480. The number of fused-ring (bicyclic) bond motifs is 1. The molecule has 18 heavy (non-hydrogen) atoms. The summed E-state index contributed by atoms with van der Waals surface area (Å²) in [4.78, 5) is 11.6. The second-order valence-electron chi connectivity index (χ2n) is 4.17. The third-order valence-corrected chi connectivity index (χ3v) is 4.57. The average Bonchev–Trinajstić information content (AvgIpc) is 2.50. The molecule has 1 amide bonds. The highest BCUT2D eigenvalue weighted by Gasteiger charge is 2.22. The number of thiophene rings is 1. The molecule has 6 heteroatoms. The van der Waals surface area contributed by atoms with Gasteiger partial charge in [0.05, 0.1) is 5.56 Å². The van der Waals surface area contributed by atoms with Gasteiger partial charge in [0, 0.05) is 4.88 Å². The molecule has 0 aliphatic heterocycles. The zero-order chi connectivity index (χ0) is 13.1. The van der Waals surface area contributed by atoms with Crippen molar-refractivity contribution >= 4 is 45.4 Å². The van der Waals surface area contributed by atoms with Crippen molar-refractivity contribution in [2.45, 2.75) is 36.9 Å². The Morgan fingerprint density at radius 2 is 2.06 bits per heavy atom. The molecule has 1 heterocycles. The molecule has 0 spiro atoms. The van der Waals surface area contributed by atoms with E-state index in [0.29, 0.717) is 10.6 Å². The molecular formula is C12H12Cl2N2OS. The summed E-state index contributed by atoms with van der Waals surface area (Å²) >= 11 is 12.5. The molecule has 1 N–H and O–H groups in total. The number of hydrogen-bond acceptors (Lipinski definition) is 3. The Bertz CT molecular complexity index is 505. The van der Waals surface area contributed by atoms with Gasteiger partial charge in [0.15, 0.2) is 4.84 Å². The average molecular weight is 303 g/mol. The van der Waals surface area contributed by atoms with E-state index < -0.39 is 10.7 Å². The summed E-state index contributed by atoms with van der Waals surface area (Å²) < 4.78 is 0. The number of anilines is 1. The Labute approximate surface area is 120 Å². The molecule has 1 aromatic heterocycles. The number of nitrogens with one attached hydrogen (secondary N) is 1. The normalized spacial score (nSPS) is 14.8. The standard InChI is InChI=1S/C12H12Cl2N2OS/c13-10(14)11(17)16-12-8(6-15)7-4-2-1-3-5-9(7)18-12/h10H,1-5H2,(H,16,17). The molecule has 0 aromatic carbocycles. The van der Waals surface area contributed by atoms with Gasteiger partial charge in [0.25, 0.3) is 5.91 Å². The number of aryl methyl sites for hydroxylation is 1. The maximum Gasteiger partial charge on any atom is 0.258 e. The molecule has 0 saturated carbocycles. The van der Waals surface area contributed by atoms with Gasteiger partial charge in [-0.2, -0.15) is 5.26 Å². The van der Waals surface area contributed by atoms with Gasteiger partial charge in [0.2, 0.25) is 0 Å². The fraction of sp³-hybridized carbons (Fsp3) is 0.500. The predicted molar refractivity (Wildman–Crippen MR) is 74.4 cm³/mol. The quantitative estimate of drug-likeness (QED) is 0.670. The number of amides is 1. The van der Waals surface area contributed by atoms with E-state index in [4.69, 9.17) is 23.2 Å². The van der Waals surface area contributed by atoms with E-state index in [1.54, 1.807) is 0 Å². The van der Waals surface area contributed by atoms with Gasteiger partial charge in [-0.05, 0) is 31.2 Å². The second-order valence-corrected chi connectivity index (χ2v) is 6.37. The van der Waals surface area contributed by atoms with Crippen molar-refractivity contribution < 1.29 is 4.79 Å². The van der Waals surface area contributed by atoms with Crippen molar-refractivity contribution in [1.82, 2.24) is 0 Å². The van der Waals surface area contributed by atoms with Gasteiger partial charge in [-0.15, -0.1) is 11.3 Å². The fourth-order valence-electron chi connectivity index (χ4n) is 2.12. The van der Waals surface area contributed by atoms with Crippen LogP contribution in [0.3, 0.4) is 0 Å². The van der Waals surface area contributed by atoms with Crippen LogP contribution in [0.2, 0.25) is 0 Å². The molecule has 0 fully saturated rings. The van der Waals surface area contributed by atoms with Crippen LogP contribution in [0.4, 0.5) is 5.00 Å². The van der Waals surface area contributed by atoms with Crippen molar-refractivity contribution in [2.75, 3.05) is 5.32 Å². The SMILES string of the molecule is N#Cc1c(NC(=O)C(Cl)Cl)sc2c1CCCCC2. The Morgan fingerprint density at radius 1 is 1.33 bits per heavy atom. The van der Waals surface area contributed by atoms with Gasteiger partial charge < -0.3 is 5.32 Å². The van der Waals surface area contributed by atoms with Crippen molar-refractivity contribution in [2.24, 2.45) is 0 Å². The van der Waals surface area contributed by atoms with Crippen LogP contribution in [0.1, 0.15) is 35.3 Å². The number of rotatable bonds is 2. The zero-order valence-electron chi connectivity index (χ0n) is 9.63. The molecule has 3 nitrogen and oxygen atoms in total. The number of nitrogens with zero attached hydrogens (tertiary/aromatic N) is 1. The number of halogens is 2. The second kappa shape index (κ2) is 5.92. The first-order chi connectivity index (χ1) is 8.63. The lowest BCUT2D eigenvalue weighted by molar-refractivity contribution is -0.114. The van der Waals surface area contributed by atoms with Crippen LogP contribution in [0.5, 0.6) is 0 Å². The first-order valence-electron chi connectivity index (χ1n) is 5.77. The Morgan fingerprint density at radius 3 is 2.72 bits per heavy atom. The maximum absolute atomic E-state index is 11.5. The van der Waals surface area contributed by atoms with Crippen LogP contribution in [0, 0.1) is 11.3 Å². The maximum atomic E-state index is 11.5. The molecule has 1 aliphatic carbocycles. The van der Waals surface area contributed by atoms with Gasteiger partial charge >= 0.3 is 0 Å². The Balaban J connectivity index is 2.32. The molecule has 1 aliphatic rings. The monoisotopic (exact) mass is 302 g/mol. The van der Waals surface area contributed by atoms with Gasteiger partial charge in [-0.1, -0.05) is 29.6 Å².